The Morgan fingerprint density at radius 3 is 2.38 bits per heavy atom. The Balaban J connectivity index is 4.26. The molecule has 0 spiro atoms. The molecular formula is C8H13ClNO3-. The molecule has 0 aliphatic heterocycles. The first-order valence-electron chi connectivity index (χ1n) is 4.09. The van der Waals surface area contributed by atoms with Gasteiger partial charge in [-0.3, -0.25) is 4.79 Å². The van der Waals surface area contributed by atoms with E-state index in [9.17, 15) is 14.7 Å². The maximum absolute atomic E-state index is 10.8. The smallest absolute Gasteiger partial charge is 0.235 e. The molecule has 0 unspecified atom stereocenters. The highest BCUT2D eigenvalue weighted by Crippen LogP contribution is 2.06. The van der Waals surface area contributed by atoms with Crippen LogP contribution in [0.3, 0.4) is 0 Å². The molecule has 0 rings (SSSR count). The fourth-order valence-electron chi connectivity index (χ4n) is 0.881. The minimum Gasteiger partial charge on any atom is -0.548 e. The number of carbonyl (C=O) groups excluding carboxylic acids is 2. The predicted molar refractivity (Wildman–Crippen MR) is 47.1 cm³/mol. The summed E-state index contributed by atoms with van der Waals surface area (Å²) in [7, 11) is 0. The molecule has 0 radical (unpaired) electrons. The van der Waals surface area contributed by atoms with Gasteiger partial charge in [0, 0.05) is 0 Å². The third-order valence-corrected chi connectivity index (χ3v) is 2.15. The summed E-state index contributed by atoms with van der Waals surface area (Å²) >= 11 is 5.22. The van der Waals surface area contributed by atoms with Crippen molar-refractivity contribution < 1.29 is 14.7 Å². The molecule has 0 aromatic carbocycles. The van der Waals surface area contributed by atoms with Crippen molar-refractivity contribution in [3.63, 3.8) is 0 Å². The normalized spacial score (nSPS) is 14.7. The van der Waals surface area contributed by atoms with Crippen molar-refractivity contribution in [1.29, 1.82) is 0 Å². The Labute approximate surface area is 82.3 Å². The number of carboxylic acids is 1. The minimum absolute atomic E-state index is 0.155. The van der Waals surface area contributed by atoms with Gasteiger partial charge in [0.15, 0.2) is 0 Å². The van der Waals surface area contributed by atoms with E-state index in [2.05, 4.69) is 5.32 Å². The zero-order valence-corrected chi connectivity index (χ0v) is 8.43. The average Bonchev–Trinajstić information content (AvgIpc) is 2.11. The Morgan fingerprint density at radius 1 is 1.54 bits per heavy atom. The summed E-state index contributed by atoms with van der Waals surface area (Å²) in [5, 5.41) is 12.9. The third-order valence-electron chi connectivity index (χ3n) is 1.90. The van der Waals surface area contributed by atoms with Crippen LogP contribution in [0.5, 0.6) is 0 Å². The Bertz CT molecular complexity index is 196. The lowest BCUT2D eigenvalue weighted by molar-refractivity contribution is -0.309. The summed E-state index contributed by atoms with van der Waals surface area (Å²) in [4.78, 5) is 21.4. The van der Waals surface area contributed by atoms with Crippen LogP contribution in [0.1, 0.15) is 20.3 Å². The van der Waals surface area contributed by atoms with Crippen LogP contribution in [0, 0.1) is 5.92 Å². The van der Waals surface area contributed by atoms with E-state index < -0.39 is 17.9 Å². The van der Waals surface area contributed by atoms with E-state index in [4.69, 9.17) is 11.6 Å². The molecule has 0 fully saturated rings. The number of rotatable bonds is 5. The first-order chi connectivity index (χ1) is 6.02. The summed E-state index contributed by atoms with van der Waals surface area (Å²) in [6.45, 7) is 3.57. The van der Waals surface area contributed by atoms with Gasteiger partial charge in [-0.1, -0.05) is 20.3 Å². The summed E-state index contributed by atoms with van der Waals surface area (Å²) < 4.78 is 0. The highest BCUT2D eigenvalue weighted by molar-refractivity contribution is 6.27. The van der Waals surface area contributed by atoms with E-state index in [1.807, 2.05) is 6.92 Å². The zero-order valence-electron chi connectivity index (χ0n) is 7.67. The first-order valence-corrected chi connectivity index (χ1v) is 4.62. The van der Waals surface area contributed by atoms with Crippen LogP contribution in [0.25, 0.3) is 0 Å². The molecule has 0 saturated heterocycles. The summed E-state index contributed by atoms with van der Waals surface area (Å²) in [5.74, 6) is -2.15. The van der Waals surface area contributed by atoms with Crippen LogP contribution in [0.15, 0.2) is 0 Å². The van der Waals surface area contributed by atoms with E-state index in [1.165, 1.54) is 0 Å². The molecule has 13 heavy (non-hydrogen) atoms. The molecule has 2 atom stereocenters. The van der Waals surface area contributed by atoms with E-state index in [0.29, 0.717) is 6.42 Å². The molecule has 0 aliphatic rings. The maximum atomic E-state index is 10.8. The fourth-order valence-corrected chi connectivity index (χ4v) is 0.958. The van der Waals surface area contributed by atoms with E-state index >= 15 is 0 Å². The van der Waals surface area contributed by atoms with Crippen molar-refractivity contribution in [2.45, 2.75) is 26.3 Å². The number of hydrogen-bond acceptors (Lipinski definition) is 3. The van der Waals surface area contributed by atoms with Gasteiger partial charge in [0.2, 0.25) is 5.91 Å². The SMILES string of the molecule is CC[C@H](C)[C@H](NC(=O)CCl)C(=O)[O-]. The van der Waals surface area contributed by atoms with Crippen molar-refractivity contribution >= 4 is 23.5 Å². The quantitative estimate of drug-likeness (QED) is 0.617. The van der Waals surface area contributed by atoms with Crippen LogP contribution >= 0.6 is 11.6 Å². The second-order valence-corrected chi connectivity index (χ2v) is 3.15. The monoisotopic (exact) mass is 206 g/mol. The van der Waals surface area contributed by atoms with Gasteiger partial charge >= 0.3 is 0 Å². The van der Waals surface area contributed by atoms with Crippen LogP contribution in [0.4, 0.5) is 0 Å². The average molecular weight is 207 g/mol. The van der Waals surface area contributed by atoms with Crippen LogP contribution in [0.2, 0.25) is 0 Å². The molecule has 0 aromatic rings. The summed E-state index contributed by atoms with van der Waals surface area (Å²) in [5.41, 5.74) is 0. The van der Waals surface area contributed by atoms with Crippen molar-refractivity contribution in [2.24, 2.45) is 5.92 Å². The summed E-state index contributed by atoms with van der Waals surface area (Å²) in [6, 6.07) is -0.948. The second-order valence-electron chi connectivity index (χ2n) is 2.88. The molecular weight excluding hydrogens is 194 g/mol. The lowest BCUT2D eigenvalue weighted by atomic mass is 9.99. The van der Waals surface area contributed by atoms with Crippen molar-refractivity contribution in [1.82, 2.24) is 5.32 Å². The molecule has 0 bridgehead atoms. The third kappa shape index (κ3) is 4.12. The minimum atomic E-state index is -1.27. The second kappa shape index (κ2) is 5.80. The number of aliphatic carboxylic acids is 1. The van der Waals surface area contributed by atoms with E-state index in [1.54, 1.807) is 6.92 Å². The van der Waals surface area contributed by atoms with Crippen molar-refractivity contribution in [3.8, 4) is 0 Å². The van der Waals surface area contributed by atoms with Gasteiger partial charge in [0.25, 0.3) is 0 Å². The number of carbonyl (C=O) groups is 2. The highest BCUT2D eigenvalue weighted by atomic mass is 35.5. The number of carboxylic acid groups (broad SMARTS) is 1. The van der Waals surface area contributed by atoms with Gasteiger partial charge in [-0.05, 0) is 5.92 Å². The van der Waals surface area contributed by atoms with Crippen LogP contribution in [-0.2, 0) is 9.59 Å². The molecule has 0 aromatic heterocycles. The Hall–Kier alpha value is -0.770. The van der Waals surface area contributed by atoms with E-state index in [0.717, 1.165) is 0 Å². The van der Waals surface area contributed by atoms with Gasteiger partial charge in [-0.2, -0.15) is 0 Å². The van der Waals surface area contributed by atoms with Crippen LogP contribution < -0.4 is 10.4 Å². The number of nitrogens with one attached hydrogen (secondary N) is 1. The van der Waals surface area contributed by atoms with Crippen molar-refractivity contribution in [3.05, 3.63) is 0 Å². The van der Waals surface area contributed by atoms with Gasteiger partial charge in [0.1, 0.15) is 5.88 Å². The number of alkyl halides is 1. The molecule has 0 heterocycles. The molecule has 0 aliphatic carbocycles. The Morgan fingerprint density at radius 2 is 2.08 bits per heavy atom. The molecule has 4 nitrogen and oxygen atoms in total. The van der Waals surface area contributed by atoms with Crippen molar-refractivity contribution in [2.75, 3.05) is 5.88 Å². The maximum Gasteiger partial charge on any atom is 0.235 e. The lowest BCUT2D eigenvalue weighted by Crippen LogP contribution is -2.51. The van der Waals surface area contributed by atoms with Gasteiger partial charge in [0.05, 0.1) is 12.0 Å². The molecule has 0 saturated carbocycles. The number of hydrogen-bond donors (Lipinski definition) is 1. The Kier molecular flexibility index (Phi) is 5.46. The van der Waals surface area contributed by atoms with Gasteiger partial charge < -0.3 is 15.2 Å². The van der Waals surface area contributed by atoms with Crippen LogP contribution in [-0.4, -0.2) is 23.8 Å². The van der Waals surface area contributed by atoms with E-state index in [-0.39, 0.29) is 11.8 Å². The topological polar surface area (TPSA) is 69.2 Å². The summed E-state index contributed by atoms with van der Waals surface area (Å²) in [6.07, 6.45) is 0.654. The zero-order chi connectivity index (χ0) is 10.4. The molecule has 1 amide bonds. The standard InChI is InChI=1S/C8H14ClNO3/c1-3-5(2)7(8(12)13)10-6(11)4-9/h5,7H,3-4H2,1-2H3,(H,10,11)(H,12,13)/p-1/t5-,7-/m0/s1. The fraction of sp³-hybridized carbons (Fsp3) is 0.750. The first kappa shape index (κ1) is 12.2. The number of halogens is 1. The molecule has 1 N–H and O–H groups in total. The molecule has 76 valence electrons. The van der Waals surface area contributed by atoms with Gasteiger partial charge in [-0.15, -0.1) is 11.6 Å². The number of amides is 1. The molecule has 5 heteroatoms. The largest absolute Gasteiger partial charge is 0.548 e. The lowest BCUT2D eigenvalue weighted by Gasteiger charge is -2.24. The highest BCUT2D eigenvalue weighted by Gasteiger charge is 2.18. The van der Waals surface area contributed by atoms with Gasteiger partial charge in [-0.25, -0.2) is 0 Å². The predicted octanol–water partition coefficient (Wildman–Crippen LogP) is -0.494.